The second-order valence-corrected chi connectivity index (χ2v) is 4.48. The van der Waals surface area contributed by atoms with Crippen molar-refractivity contribution in [3.63, 3.8) is 0 Å². The lowest BCUT2D eigenvalue weighted by molar-refractivity contribution is 0.239. The molecule has 0 saturated heterocycles. The summed E-state index contributed by atoms with van der Waals surface area (Å²) in [5.74, 6) is 0.808. The van der Waals surface area contributed by atoms with Crippen molar-refractivity contribution in [2.75, 3.05) is 6.61 Å². The normalized spacial score (nSPS) is 16.2. The summed E-state index contributed by atoms with van der Waals surface area (Å²) >= 11 is 0. The van der Waals surface area contributed by atoms with E-state index < -0.39 is 0 Å². The van der Waals surface area contributed by atoms with Gasteiger partial charge in [-0.05, 0) is 26.2 Å². The van der Waals surface area contributed by atoms with Crippen molar-refractivity contribution < 1.29 is 5.11 Å². The summed E-state index contributed by atoms with van der Waals surface area (Å²) in [6.07, 6.45) is 3.80. The van der Waals surface area contributed by atoms with Gasteiger partial charge in [-0.15, -0.1) is 0 Å². The zero-order chi connectivity index (χ0) is 10.3. The van der Waals surface area contributed by atoms with Crippen LogP contribution in [0.25, 0.3) is 0 Å². The molecule has 80 valence electrons. The van der Waals surface area contributed by atoms with Gasteiger partial charge < -0.3 is 10.4 Å². The molecule has 0 spiro atoms. The average Bonchev–Trinajstić information content (AvgIpc) is 2.03. The number of aliphatic hydroxyl groups excluding tert-OH is 1. The highest BCUT2D eigenvalue weighted by Gasteiger charge is 2.05. The summed E-state index contributed by atoms with van der Waals surface area (Å²) in [4.78, 5) is 0. The van der Waals surface area contributed by atoms with E-state index in [0.717, 1.165) is 5.92 Å². The van der Waals surface area contributed by atoms with Crippen molar-refractivity contribution in [2.45, 2.75) is 59.0 Å². The van der Waals surface area contributed by atoms with Gasteiger partial charge >= 0.3 is 0 Å². The highest BCUT2D eigenvalue weighted by molar-refractivity contribution is 4.66. The SMILES string of the molecule is CC(C)CCCC(C)N[C@@H](C)CO. The zero-order valence-electron chi connectivity index (χ0n) is 9.51. The Morgan fingerprint density at radius 3 is 2.08 bits per heavy atom. The van der Waals surface area contributed by atoms with Crippen LogP contribution in [0.15, 0.2) is 0 Å². The van der Waals surface area contributed by atoms with Crippen molar-refractivity contribution in [2.24, 2.45) is 5.92 Å². The van der Waals surface area contributed by atoms with E-state index in [1.54, 1.807) is 0 Å². The van der Waals surface area contributed by atoms with Crippen LogP contribution >= 0.6 is 0 Å². The highest BCUT2D eigenvalue weighted by atomic mass is 16.3. The largest absolute Gasteiger partial charge is 0.395 e. The first-order valence-corrected chi connectivity index (χ1v) is 5.43. The number of aliphatic hydroxyl groups is 1. The molecule has 13 heavy (non-hydrogen) atoms. The first kappa shape index (κ1) is 12.9. The molecule has 0 aromatic rings. The molecule has 2 N–H and O–H groups in total. The first-order valence-electron chi connectivity index (χ1n) is 5.43. The standard InChI is InChI=1S/C11H25NO/c1-9(2)6-5-7-10(3)12-11(4)8-13/h9-13H,5-8H2,1-4H3/t10?,11-/m0/s1. The van der Waals surface area contributed by atoms with Gasteiger partial charge in [0.1, 0.15) is 0 Å². The Hall–Kier alpha value is -0.0800. The van der Waals surface area contributed by atoms with E-state index in [9.17, 15) is 0 Å². The monoisotopic (exact) mass is 187 g/mol. The Bertz CT molecular complexity index is 115. The molecule has 2 heteroatoms. The van der Waals surface area contributed by atoms with Crippen LogP contribution in [0.1, 0.15) is 47.0 Å². The van der Waals surface area contributed by atoms with Crippen molar-refractivity contribution in [1.82, 2.24) is 5.32 Å². The lowest BCUT2D eigenvalue weighted by Gasteiger charge is -2.18. The highest BCUT2D eigenvalue weighted by Crippen LogP contribution is 2.08. The van der Waals surface area contributed by atoms with Gasteiger partial charge in [0.2, 0.25) is 0 Å². The minimum atomic E-state index is 0.231. The number of nitrogens with one attached hydrogen (secondary N) is 1. The molecule has 1 unspecified atom stereocenters. The molecule has 0 aromatic heterocycles. The van der Waals surface area contributed by atoms with Gasteiger partial charge in [-0.1, -0.05) is 26.7 Å². The second-order valence-electron chi connectivity index (χ2n) is 4.48. The van der Waals surface area contributed by atoms with Gasteiger partial charge in [0.05, 0.1) is 6.61 Å². The molecule has 0 saturated carbocycles. The summed E-state index contributed by atoms with van der Waals surface area (Å²) in [6.45, 7) is 8.95. The van der Waals surface area contributed by atoms with E-state index in [1.807, 2.05) is 6.92 Å². The summed E-state index contributed by atoms with van der Waals surface area (Å²) in [6, 6.07) is 0.759. The molecular weight excluding hydrogens is 162 g/mol. The summed E-state index contributed by atoms with van der Waals surface area (Å²) in [5, 5.41) is 12.2. The molecule has 0 aromatic carbocycles. The second kappa shape index (κ2) is 7.34. The van der Waals surface area contributed by atoms with E-state index in [4.69, 9.17) is 5.11 Å². The smallest absolute Gasteiger partial charge is 0.0582 e. The first-order chi connectivity index (χ1) is 6.06. The van der Waals surface area contributed by atoms with Gasteiger partial charge in [0.25, 0.3) is 0 Å². The molecule has 0 heterocycles. The van der Waals surface area contributed by atoms with Crippen LogP contribution in [0.4, 0.5) is 0 Å². The predicted octanol–water partition coefficient (Wildman–Crippen LogP) is 2.17. The zero-order valence-corrected chi connectivity index (χ0v) is 9.51. The van der Waals surface area contributed by atoms with Gasteiger partial charge in [0.15, 0.2) is 0 Å². The molecule has 0 fully saturated rings. The van der Waals surface area contributed by atoms with E-state index in [1.165, 1.54) is 19.3 Å². The van der Waals surface area contributed by atoms with Crippen LogP contribution in [0, 0.1) is 5.92 Å². The maximum atomic E-state index is 8.83. The third-order valence-corrected chi connectivity index (χ3v) is 2.26. The molecule has 0 radical (unpaired) electrons. The van der Waals surface area contributed by atoms with Crippen LogP contribution in [-0.2, 0) is 0 Å². The molecule has 0 aliphatic heterocycles. The lowest BCUT2D eigenvalue weighted by Crippen LogP contribution is -2.36. The summed E-state index contributed by atoms with van der Waals surface area (Å²) in [5.41, 5.74) is 0. The molecule has 2 nitrogen and oxygen atoms in total. The fraction of sp³-hybridized carbons (Fsp3) is 1.00. The predicted molar refractivity (Wildman–Crippen MR) is 57.8 cm³/mol. The van der Waals surface area contributed by atoms with E-state index in [0.29, 0.717) is 6.04 Å². The Balaban J connectivity index is 3.34. The molecular formula is C11H25NO. The Kier molecular flexibility index (Phi) is 7.29. The topological polar surface area (TPSA) is 32.3 Å². The van der Waals surface area contributed by atoms with Gasteiger partial charge in [0, 0.05) is 12.1 Å². The quantitative estimate of drug-likeness (QED) is 0.640. The van der Waals surface area contributed by atoms with Crippen LogP contribution < -0.4 is 5.32 Å². The van der Waals surface area contributed by atoms with E-state index in [2.05, 4.69) is 26.1 Å². The molecule has 0 aliphatic carbocycles. The minimum Gasteiger partial charge on any atom is -0.395 e. The minimum absolute atomic E-state index is 0.231. The molecule has 0 aliphatic rings. The Morgan fingerprint density at radius 2 is 1.62 bits per heavy atom. The maximum absolute atomic E-state index is 8.83. The number of rotatable bonds is 7. The molecule has 0 rings (SSSR count). The van der Waals surface area contributed by atoms with Gasteiger partial charge in [-0.2, -0.15) is 0 Å². The molecule has 0 amide bonds. The van der Waals surface area contributed by atoms with Crippen molar-refractivity contribution in [3.8, 4) is 0 Å². The summed E-state index contributed by atoms with van der Waals surface area (Å²) < 4.78 is 0. The van der Waals surface area contributed by atoms with Crippen molar-refractivity contribution in [3.05, 3.63) is 0 Å². The van der Waals surface area contributed by atoms with E-state index >= 15 is 0 Å². The average molecular weight is 187 g/mol. The van der Waals surface area contributed by atoms with Crippen LogP contribution in [0.5, 0.6) is 0 Å². The van der Waals surface area contributed by atoms with Gasteiger partial charge in [-0.25, -0.2) is 0 Å². The third-order valence-electron chi connectivity index (χ3n) is 2.26. The maximum Gasteiger partial charge on any atom is 0.0582 e. The van der Waals surface area contributed by atoms with Crippen molar-refractivity contribution in [1.29, 1.82) is 0 Å². The number of hydrogen-bond donors (Lipinski definition) is 2. The fourth-order valence-corrected chi connectivity index (χ4v) is 1.45. The van der Waals surface area contributed by atoms with E-state index in [-0.39, 0.29) is 12.6 Å². The van der Waals surface area contributed by atoms with Gasteiger partial charge in [-0.3, -0.25) is 0 Å². The third kappa shape index (κ3) is 8.26. The van der Waals surface area contributed by atoms with Crippen molar-refractivity contribution >= 4 is 0 Å². The number of hydrogen-bond acceptors (Lipinski definition) is 2. The molecule has 2 atom stereocenters. The fourth-order valence-electron chi connectivity index (χ4n) is 1.45. The van der Waals surface area contributed by atoms with Crippen LogP contribution in [0.3, 0.4) is 0 Å². The summed E-state index contributed by atoms with van der Waals surface area (Å²) in [7, 11) is 0. The Labute approximate surface area is 82.7 Å². The molecule has 0 bridgehead atoms. The lowest BCUT2D eigenvalue weighted by atomic mass is 10.0. The van der Waals surface area contributed by atoms with Crippen LogP contribution in [-0.4, -0.2) is 23.8 Å². The Morgan fingerprint density at radius 1 is 1.00 bits per heavy atom. The van der Waals surface area contributed by atoms with Crippen LogP contribution in [0.2, 0.25) is 0 Å².